The second-order valence-electron chi connectivity index (χ2n) is 6.09. The van der Waals surface area contributed by atoms with Crippen LogP contribution in [0, 0.1) is 3.57 Å². The fraction of sp³-hybridized carbons (Fsp3) is 0.450. The molecule has 0 atom stereocenters. The Labute approximate surface area is 157 Å². The molecule has 2 rings (SSSR count). The lowest BCUT2D eigenvalue weighted by molar-refractivity contribution is 0.0697. The molecule has 2 aromatic rings. The first-order valence-corrected chi connectivity index (χ1v) is 9.79. The maximum atomic E-state index is 11.1. The van der Waals surface area contributed by atoms with Gasteiger partial charge in [0.2, 0.25) is 0 Å². The van der Waals surface area contributed by atoms with Crippen LogP contribution in [-0.4, -0.2) is 17.7 Å². The summed E-state index contributed by atoms with van der Waals surface area (Å²) in [6, 6.07) is 9.09. The molecule has 0 aromatic heterocycles. The first-order chi connectivity index (χ1) is 11.6. The molecule has 0 aliphatic rings. The summed E-state index contributed by atoms with van der Waals surface area (Å²) < 4.78 is 6.97. The number of carbonyl (C=O) groups is 1. The SMILES string of the molecule is CCCCCCCCCOc1ccc2cc(C(=O)O)ccc2c1I. The third-order valence-corrected chi connectivity index (χ3v) is 5.28. The zero-order chi connectivity index (χ0) is 17.4. The molecule has 0 bridgehead atoms. The van der Waals surface area contributed by atoms with Crippen molar-refractivity contribution in [2.75, 3.05) is 6.61 Å². The maximum Gasteiger partial charge on any atom is 0.335 e. The van der Waals surface area contributed by atoms with Gasteiger partial charge in [0.05, 0.1) is 15.7 Å². The Balaban J connectivity index is 1.87. The van der Waals surface area contributed by atoms with Crippen molar-refractivity contribution in [2.24, 2.45) is 0 Å². The summed E-state index contributed by atoms with van der Waals surface area (Å²) in [5.74, 6) is -0.0108. The van der Waals surface area contributed by atoms with Crippen LogP contribution in [0.2, 0.25) is 0 Å². The monoisotopic (exact) mass is 440 g/mol. The van der Waals surface area contributed by atoms with E-state index in [2.05, 4.69) is 29.5 Å². The van der Waals surface area contributed by atoms with Crippen molar-refractivity contribution in [3.8, 4) is 5.75 Å². The molecule has 0 saturated carbocycles. The summed E-state index contributed by atoms with van der Waals surface area (Å²) in [7, 11) is 0. The van der Waals surface area contributed by atoms with E-state index in [-0.39, 0.29) is 0 Å². The van der Waals surface area contributed by atoms with E-state index in [0.717, 1.165) is 33.1 Å². The molecule has 0 unspecified atom stereocenters. The molecule has 0 heterocycles. The fourth-order valence-electron chi connectivity index (χ4n) is 2.76. The number of fused-ring (bicyclic) bond motifs is 1. The van der Waals surface area contributed by atoms with E-state index >= 15 is 0 Å². The quantitative estimate of drug-likeness (QED) is 0.350. The van der Waals surface area contributed by atoms with Crippen LogP contribution in [0.25, 0.3) is 10.8 Å². The highest BCUT2D eigenvalue weighted by atomic mass is 127. The standard InChI is InChI=1S/C20H25IO3/c1-2-3-4-5-6-7-8-13-24-18-12-10-15-14-16(20(22)23)9-11-17(15)19(18)21/h9-12,14H,2-8,13H2,1H3,(H,22,23). The number of carboxylic acid groups (broad SMARTS) is 1. The Morgan fingerprint density at radius 1 is 1.04 bits per heavy atom. The van der Waals surface area contributed by atoms with Crippen molar-refractivity contribution in [2.45, 2.75) is 51.9 Å². The molecular weight excluding hydrogens is 415 g/mol. The molecule has 1 N–H and O–H groups in total. The van der Waals surface area contributed by atoms with Gasteiger partial charge >= 0.3 is 5.97 Å². The minimum Gasteiger partial charge on any atom is -0.492 e. The van der Waals surface area contributed by atoms with Crippen LogP contribution in [-0.2, 0) is 0 Å². The number of hydrogen-bond acceptors (Lipinski definition) is 2. The van der Waals surface area contributed by atoms with Gasteiger partial charge in [-0.15, -0.1) is 0 Å². The molecule has 0 radical (unpaired) electrons. The summed E-state index contributed by atoms with van der Waals surface area (Å²) >= 11 is 2.28. The number of halogens is 1. The van der Waals surface area contributed by atoms with E-state index in [0.29, 0.717) is 5.56 Å². The topological polar surface area (TPSA) is 46.5 Å². The Hall–Kier alpha value is -1.30. The highest BCUT2D eigenvalue weighted by Gasteiger charge is 2.09. The van der Waals surface area contributed by atoms with Crippen molar-refractivity contribution in [1.82, 2.24) is 0 Å². The van der Waals surface area contributed by atoms with Crippen molar-refractivity contribution >= 4 is 39.3 Å². The highest BCUT2D eigenvalue weighted by Crippen LogP contribution is 2.30. The van der Waals surface area contributed by atoms with Gasteiger partial charge in [-0.05, 0) is 58.0 Å². The molecule has 0 spiro atoms. The van der Waals surface area contributed by atoms with E-state index in [1.165, 1.54) is 38.5 Å². The van der Waals surface area contributed by atoms with Crippen LogP contribution in [0.15, 0.2) is 30.3 Å². The number of benzene rings is 2. The maximum absolute atomic E-state index is 11.1. The number of hydrogen-bond donors (Lipinski definition) is 1. The number of carboxylic acids is 1. The average molecular weight is 440 g/mol. The van der Waals surface area contributed by atoms with E-state index in [1.807, 2.05) is 18.2 Å². The van der Waals surface area contributed by atoms with Gasteiger partial charge in [-0.25, -0.2) is 4.79 Å². The molecule has 0 aliphatic heterocycles. The summed E-state index contributed by atoms with van der Waals surface area (Å²) in [6.07, 6.45) is 8.89. The summed E-state index contributed by atoms with van der Waals surface area (Å²) in [5.41, 5.74) is 0.315. The van der Waals surface area contributed by atoms with Crippen molar-refractivity contribution in [3.63, 3.8) is 0 Å². The highest BCUT2D eigenvalue weighted by molar-refractivity contribution is 14.1. The Bertz CT molecular complexity index is 682. The molecule has 2 aromatic carbocycles. The number of unbranched alkanes of at least 4 members (excludes halogenated alkanes) is 6. The third-order valence-electron chi connectivity index (χ3n) is 4.17. The van der Waals surface area contributed by atoms with Crippen LogP contribution < -0.4 is 4.74 Å². The van der Waals surface area contributed by atoms with Crippen LogP contribution in [0.4, 0.5) is 0 Å². The molecule has 3 nitrogen and oxygen atoms in total. The molecule has 0 saturated heterocycles. The molecule has 0 aliphatic carbocycles. The normalized spacial score (nSPS) is 10.9. The van der Waals surface area contributed by atoms with Gasteiger partial charge in [-0.2, -0.15) is 0 Å². The predicted octanol–water partition coefficient (Wildman–Crippen LogP) is 6.27. The largest absolute Gasteiger partial charge is 0.492 e. The second kappa shape index (κ2) is 9.87. The van der Waals surface area contributed by atoms with Gasteiger partial charge in [0, 0.05) is 0 Å². The lowest BCUT2D eigenvalue weighted by Crippen LogP contribution is -2.00. The molecule has 0 amide bonds. The molecule has 24 heavy (non-hydrogen) atoms. The number of aromatic carboxylic acids is 1. The van der Waals surface area contributed by atoms with Gasteiger partial charge in [-0.1, -0.05) is 57.6 Å². The molecule has 130 valence electrons. The van der Waals surface area contributed by atoms with Gasteiger partial charge in [0.15, 0.2) is 0 Å². The zero-order valence-corrected chi connectivity index (χ0v) is 16.3. The third kappa shape index (κ3) is 5.36. The van der Waals surface area contributed by atoms with Crippen LogP contribution in [0.1, 0.15) is 62.2 Å². The van der Waals surface area contributed by atoms with E-state index in [9.17, 15) is 4.79 Å². The van der Waals surface area contributed by atoms with Crippen LogP contribution >= 0.6 is 22.6 Å². The number of rotatable bonds is 10. The smallest absolute Gasteiger partial charge is 0.335 e. The fourth-order valence-corrected chi connectivity index (χ4v) is 3.58. The van der Waals surface area contributed by atoms with Gasteiger partial charge < -0.3 is 9.84 Å². The lowest BCUT2D eigenvalue weighted by Gasteiger charge is -2.11. The Morgan fingerprint density at radius 3 is 2.46 bits per heavy atom. The molecule has 0 fully saturated rings. The van der Waals surface area contributed by atoms with Gasteiger partial charge in [0.1, 0.15) is 5.75 Å². The van der Waals surface area contributed by atoms with Crippen molar-refractivity contribution in [1.29, 1.82) is 0 Å². The molecule has 4 heteroatoms. The molecular formula is C20H25IO3. The predicted molar refractivity (Wildman–Crippen MR) is 107 cm³/mol. The average Bonchev–Trinajstić information content (AvgIpc) is 2.58. The van der Waals surface area contributed by atoms with Crippen LogP contribution in [0.3, 0.4) is 0 Å². The minimum atomic E-state index is -0.897. The summed E-state index contributed by atoms with van der Waals surface area (Å²) in [6.45, 7) is 2.98. The van der Waals surface area contributed by atoms with Crippen LogP contribution in [0.5, 0.6) is 5.75 Å². The van der Waals surface area contributed by atoms with E-state index in [4.69, 9.17) is 9.84 Å². The lowest BCUT2D eigenvalue weighted by atomic mass is 10.1. The van der Waals surface area contributed by atoms with Gasteiger partial charge in [-0.3, -0.25) is 0 Å². The second-order valence-corrected chi connectivity index (χ2v) is 7.17. The summed E-state index contributed by atoms with van der Waals surface area (Å²) in [5, 5.41) is 11.0. The van der Waals surface area contributed by atoms with Crippen molar-refractivity contribution < 1.29 is 14.6 Å². The minimum absolute atomic E-state index is 0.315. The first-order valence-electron chi connectivity index (χ1n) is 8.72. The summed E-state index contributed by atoms with van der Waals surface area (Å²) in [4.78, 5) is 11.1. The van der Waals surface area contributed by atoms with Crippen molar-refractivity contribution in [3.05, 3.63) is 39.5 Å². The van der Waals surface area contributed by atoms with E-state index in [1.54, 1.807) is 12.1 Å². The number of ether oxygens (including phenoxy) is 1. The zero-order valence-electron chi connectivity index (χ0n) is 14.2. The Morgan fingerprint density at radius 2 is 1.75 bits per heavy atom. The van der Waals surface area contributed by atoms with Gasteiger partial charge in [0.25, 0.3) is 0 Å². The van der Waals surface area contributed by atoms with E-state index < -0.39 is 5.97 Å². The first kappa shape index (κ1) is 19.0. The Kier molecular flexibility index (Phi) is 7.82.